The zero-order valence-corrected chi connectivity index (χ0v) is 11.3. The van der Waals surface area contributed by atoms with Gasteiger partial charge in [0.2, 0.25) is 0 Å². The second-order valence-electron chi connectivity index (χ2n) is 5.67. The number of nitrogens with zero attached hydrogens (tertiary/aromatic N) is 1. The summed E-state index contributed by atoms with van der Waals surface area (Å²) in [5.74, 6) is 0.0991. The first kappa shape index (κ1) is 14.5. The molecule has 0 aromatic heterocycles. The van der Waals surface area contributed by atoms with E-state index in [0.29, 0.717) is 6.42 Å². The van der Waals surface area contributed by atoms with Gasteiger partial charge in [0.1, 0.15) is 0 Å². The fraction of sp³-hybridized carbons (Fsp3) is 0.929. The molecule has 3 nitrogen and oxygen atoms in total. The molecule has 100 valence electrons. The van der Waals surface area contributed by atoms with Crippen LogP contribution in [0, 0.1) is 5.92 Å². The van der Waals surface area contributed by atoms with E-state index in [1.165, 1.54) is 32.2 Å². The van der Waals surface area contributed by atoms with Crippen LogP contribution in [0.4, 0.5) is 0 Å². The molecule has 0 amide bonds. The molecule has 0 aliphatic carbocycles. The third-order valence-corrected chi connectivity index (χ3v) is 3.58. The minimum Gasteiger partial charge on any atom is -0.481 e. The molecule has 0 aromatic carbocycles. The molecule has 1 N–H and O–H groups in total. The third kappa shape index (κ3) is 6.06. The fourth-order valence-corrected chi connectivity index (χ4v) is 2.76. The Bertz CT molecular complexity index is 228. The maximum Gasteiger partial charge on any atom is 0.303 e. The Kier molecular flexibility index (Phi) is 6.56. The number of hydrogen-bond acceptors (Lipinski definition) is 2. The maximum absolute atomic E-state index is 10.4. The van der Waals surface area contributed by atoms with Gasteiger partial charge in [-0.3, -0.25) is 4.79 Å². The molecule has 1 atom stereocenters. The van der Waals surface area contributed by atoms with Gasteiger partial charge in [0.05, 0.1) is 0 Å². The average molecular weight is 241 g/mol. The minimum atomic E-state index is -0.664. The summed E-state index contributed by atoms with van der Waals surface area (Å²) in [6.07, 6.45) is 7.47. The number of rotatable bonds is 7. The molecular formula is C14H27NO2. The predicted molar refractivity (Wildman–Crippen MR) is 70.2 cm³/mol. The number of piperidine rings is 1. The van der Waals surface area contributed by atoms with Crippen LogP contribution in [-0.2, 0) is 4.79 Å². The van der Waals surface area contributed by atoms with Crippen molar-refractivity contribution >= 4 is 5.97 Å². The quantitative estimate of drug-likeness (QED) is 0.696. The number of unbranched alkanes of at least 4 members (excludes halogenated alkanes) is 1. The lowest BCUT2D eigenvalue weighted by Gasteiger charge is -2.36. The maximum atomic E-state index is 10.4. The van der Waals surface area contributed by atoms with Crippen LogP contribution < -0.4 is 0 Å². The Labute approximate surface area is 105 Å². The van der Waals surface area contributed by atoms with Gasteiger partial charge in [-0.15, -0.1) is 0 Å². The van der Waals surface area contributed by atoms with Crippen LogP contribution in [0.25, 0.3) is 0 Å². The fourth-order valence-electron chi connectivity index (χ4n) is 2.76. The van der Waals surface area contributed by atoms with E-state index in [1.54, 1.807) is 0 Å². The van der Waals surface area contributed by atoms with Gasteiger partial charge in [-0.25, -0.2) is 0 Å². The molecule has 0 aromatic rings. The lowest BCUT2D eigenvalue weighted by Crippen LogP contribution is -2.40. The summed E-state index contributed by atoms with van der Waals surface area (Å²) in [7, 11) is 0. The lowest BCUT2D eigenvalue weighted by atomic mass is 9.94. The van der Waals surface area contributed by atoms with Crippen molar-refractivity contribution in [2.45, 2.75) is 64.8 Å². The van der Waals surface area contributed by atoms with E-state index in [2.05, 4.69) is 18.7 Å². The molecule has 17 heavy (non-hydrogen) atoms. The van der Waals surface area contributed by atoms with E-state index >= 15 is 0 Å². The Morgan fingerprint density at radius 2 is 2.12 bits per heavy atom. The van der Waals surface area contributed by atoms with E-state index in [9.17, 15) is 4.79 Å². The van der Waals surface area contributed by atoms with Gasteiger partial charge in [-0.1, -0.05) is 20.3 Å². The molecule has 1 aliphatic heterocycles. The zero-order valence-electron chi connectivity index (χ0n) is 11.3. The van der Waals surface area contributed by atoms with Crippen molar-refractivity contribution in [1.82, 2.24) is 4.90 Å². The Morgan fingerprint density at radius 3 is 2.76 bits per heavy atom. The number of carboxylic acid groups (broad SMARTS) is 1. The average Bonchev–Trinajstić information content (AvgIpc) is 2.25. The monoisotopic (exact) mass is 241 g/mol. The summed E-state index contributed by atoms with van der Waals surface area (Å²) in [6, 6.07) is 0.744. The highest BCUT2D eigenvalue weighted by Crippen LogP contribution is 2.23. The van der Waals surface area contributed by atoms with Gasteiger partial charge < -0.3 is 10.0 Å². The van der Waals surface area contributed by atoms with Crippen LogP contribution in [0.3, 0.4) is 0 Å². The largest absolute Gasteiger partial charge is 0.481 e. The first-order valence-electron chi connectivity index (χ1n) is 7.05. The van der Waals surface area contributed by atoms with E-state index in [-0.39, 0.29) is 0 Å². The zero-order chi connectivity index (χ0) is 12.7. The van der Waals surface area contributed by atoms with E-state index in [4.69, 9.17) is 5.11 Å². The van der Waals surface area contributed by atoms with Gasteiger partial charge >= 0.3 is 5.97 Å². The molecule has 0 radical (unpaired) electrons. The normalized spacial score (nSPS) is 21.9. The van der Waals surface area contributed by atoms with Gasteiger partial charge in [-0.2, -0.15) is 0 Å². The first-order valence-corrected chi connectivity index (χ1v) is 7.05. The van der Waals surface area contributed by atoms with Crippen molar-refractivity contribution in [1.29, 1.82) is 0 Å². The van der Waals surface area contributed by atoms with Crippen LogP contribution in [0.15, 0.2) is 0 Å². The van der Waals surface area contributed by atoms with Crippen molar-refractivity contribution < 1.29 is 9.90 Å². The number of carboxylic acids is 1. The molecule has 3 heteroatoms. The smallest absolute Gasteiger partial charge is 0.303 e. The van der Waals surface area contributed by atoms with E-state index in [0.717, 1.165) is 31.3 Å². The molecule has 1 rings (SSSR count). The van der Waals surface area contributed by atoms with Gasteiger partial charge in [0.15, 0.2) is 0 Å². The van der Waals surface area contributed by atoms with Crippen molar-refractivity contribution in [3.8, 4) is 0 Å². The SMILES string of the molecule is CC(C)CC1CCCCN1CCCCC(=O)O. The standard InChI is InChI=1S/C14H27NO2/c1-12(2)11-13-7-3-5-9-15(13)10-6-4-8-14(16)17/h12-13H,3-11H2,1-2H3,(H,16,17). The summed E-state index contributed by atoms with van der Waals surface area (Å²) in [4.78, 5) is 13.0. The molecule has 1 aliphatic rings. The molecule has 1 heterocycles. The molecule has 1 fully saturated rings. The van der Waals surface area contributed by atoms with Crippen LogP contribution in [-0.4, -0.2) is 35.1 Å². The lowest BCUT2D eigenvalue weighted by molar-refractivity contribution is -0.137. The van der Waals surface area contributed by atoms with Gasteiger partial charge in [0, 0.05) is 12.5 Å². The Morgan fingerprint density at radius 1 is 1.35 bits per heavy atom. The van der Waals surface area contributed by atoms with Crippen molar-refractivity contribution in [3.63, 3.8) is 0 Å². The van der Waals surface area contributed by atoms with Crippen molar-refractivity contribution in [2.75, 3.05) is 13.1 Å². The Hall–Kier alpha value is -0.570. The highest BCUT2D eigenvalue weighted by atomic mass is 16.4. The molecule has 0 saturated carbocycles. The molecule has 0 spiro atoms. The molecule has 1 saturated heterocycles. The summed E-state index contributed by atoms with van der Waals surface area (Å²) < 4.78 is 0. The van der Waals surface area contributed by atoms with Crippen LogP contribution in [0.2, 0.25) is 0 Å². The third-order valence-electron chi connectivity index (χ3n) is 3.58. The summed E-state index contributed by atoms with van der Waals surface area (Å²) >= 11 is 0. The highest BCUT2D eigenvalue weighted by molar-refractivity contribution is 5.66. The summed E-state index contributed by atoms with van der Waals surface area (Å²) in [6.45, 7) is 6.88. The van der Waals surface area contributed by atoms with Crippen molar-refractivity contribution in [3.05, 3.63) is 0 Å². The number of aliphatic carboxylic acids is 1. The van der Waals surface area contributed by atoms with Crippen LogP contribution >= 0.6 is 0 Å². The Balaban J connectivity index is 2.25. The second kappa shape index (κ2) is 7.70. The molecular weight excluding hydrogens is 214 g/mol. The predicted octanol–water partition coefficient (Wildman–Crippen LogP) is 3.14. The number of likely N-dealkylation sites (tertiary alicyclic amines) is 1. The van der Waals surface area contributed by atoms with Crippen LogP contribution in [0.1, 0.15) is 58.8 Å². The topological polar surface area (TPSA) is 40.5 Å². The number of hydrogen-bond donors (Lipinski definition) is 1. The first-order chi connectivity index (χ1) is 8.09. The van der Waals surface area contributed by atoms with Gasteiger partial charge in [0.25, 0.3) is 0 Å². The van der Waals surface area contributed by atoms with E-state index < -0.39 is 5.97 Å². The second-order valence-corrected chi connectivity index (χ2v) is 5.67. The van der Waals surface area contributed by atoms with Crippen LogP contribution in [0.5, 0.6) is 0 Å². The summed E-state index contributed by atoms with van der Waals surface area (Å²) in [5, 5.41) is 8.61. The van der Waals surface area contributed by atoms with Gasteiger partial charge in [-0.05, 0) is 51.1 Å². The molecule has 0 bridgehead atoms. The van der Waals surface area contributed by atoms with Crippen molar-refractivity contribution in [2.24, 2.45) is 5.92 Å². The van der Waals surface area contributed by atoms with E-state index in [1.807, 2.05) is 0 Å². The highest BCUT2D eigenvalue weighted by Gasteiger charge is 2.22. The molecule has 1 unspecified atom stereocenters. The number of carbonyl (C=O) groups is 1. The minimum absolute atomic E-state index is 0.322. The summed E-state index contributed by atoms with van der Waals surface area (Å²) in [5.41, 5.74) is 0.